The van der Waals surface area contributed by atoms with Gasteiger partial charge in [0.15, 0.2) is 0 Å². The van der Waals surface area contributed by atoms with E-state index >= 15 is 0 Å². The Bertz CT molecular complexity index is 327. The zero-order valence-corrected chi connectivity index (χ0v) is 12.6. The average Bonchev–Trinajstić information content (AvgIpc) is 2.30. The molecule has 0 saturated heterocycles. The fraction of sp³-hybridized carbons (Fsp3) is 0.455. The van der Waals surface area contributed by atoms with E-state index in [9.17, 15) is 4.79 Å². The Hall–Kier alpha value is -0.490. The topological polar surface area (TPSA) is 68.0 Å². The maximum atomic E-state index is 11.4. The number of pyridine rings is 1. The van der Waals surface area contributed by atoms with E-state index < -0.39 is 0 Å². The maximum absolute atomic E-state index is 11.4. The molecule has 1 heterocycles. The molecule has 3 N–H and O–H groups in total. The van der Waals surface area contributed by atoms with Crippen molar-refractivity contribution in [2.24, 2.45) is 5.73 Å². The van der Waals surface area contributed by atoms with Crippen LogP contribution in [0.2, 0.25) is 0 Å². The number of carbonyl (C=O) groups is 1. The van der Waals surface area contributed by atoms with Gasteiger partial charge in [-0.1, -0.05) is 6.07 Å². The molecule has 1 aromatic heterocycles. The van der Waals surface area contributed by atoms with E-state index in [1.54, 1.807) is 18.0 Å². The van der Waals surface area contributed by atoms with Crippen molar-refractivity contribution in [3.8, 4) is 0 Å². The summed E-state index contributed by atoms with van der Waals surface area (Å²) in [7, 11) is 0. The second kappa shape index (κ2) is 11.6. The normalized spacial score (nSPS) is 10.8. The Morgan fingerprint density at radius 2 is 2.22 bits per heavy atom. The van der Waals surface area contributed by atoms with Crippen LogP contribution < -0.4 is 11.1 Å². The van der Waals surface area contributed by atoms with Crippen LogP contribution in [0.3, 0.4) is 0 Å². The third-order valence-corrected chi connectivity index (χ3v) is 2.94. The van der Waals surface area contributed by atoms with E-state index in [0.717, 1.165) is 11.4 Å². The lowest BCUT2D eigenvalue weighted by atomic mass is 10.3. The molecule has 0 aliphatic rings. The fourth-order valence-electron chi connectivity index (χ4n) is 1.11. The standard InChI is InChI=1S/C11H17N3OS.2ClH/c1-9(6-12)14-11(15)8-16-7-10-4-2-3-5-13-10;;/h2-5,9H,6-8,12H2,1H3,(H,14,15);2*1H/t9-;;/m0../s1. The van der Waals surface area contributed by atoms with Gasteiger partial charge >= 0.3 is 0 Å². The van der Waals surface area contributed by atoms with Crippen LogP contribution >= 0.6 is 36.6 Å². The molecular formula is C11H19Cl2N3OS. The summed E-state index contributed by atoms with van der Waals surface area (Å²) >= 11 is 1.55. The molecule has 0 aliphatic heterocycles. The van der Waals surface area contributed by atoms with Crippen molar-refractivity contribution in [3.05, 3.63) is 30.1 Å². The number of amides is 1. The number of aromatic nitrogens is 1. The maximum Gasteiger partial charge on any atom is 0.230 e. The van der Waals surface area contributed by atoms with Crippen LogP contribution in [0.1, 0.15) is 12.6 Å². The summed E-state index contributed by atoms with van der Waals surface area (Å²) < 4.78 is 0. The van der Waals surface area contributed by atoms with Gasteiger partial charge in [-0.2, -0.15) is 0 Å². The molecule has 1 aromatic rings. The van der Waals surface area contributed by atoms with Crippen molar-refractivity contribution in [3.63, 3.8) is 0 Å². The first kappa shape index (κ1) is 19.8. The Morgan fingerprint density at radius 1 is 1.50 bits per heavy atom. The molecule has 1 atom stereocenters. The molecule has 1 rings (SSSR count). The summed E-state index contributed by atoms with van der Waals surface area (Å²) in [6.07, 6.45) is 1.76. The lowest BCUT2D eigenvalue weighted by molar-refractivity contribution is -0.119. The third kappa shape index (κ3) is 8.58. The number of nitrogens with two attached hydrogens (primary N) is 1. The fourth-order valence-corrected chi connectivity index (χ4v) is 1.86. The highest BCUT2D eigenvalue weighted by Gasteiger charge is 2.05. The number of thioether (sulfide) groups is 1. The van der Waals surface area contributed by atoms with Crippen LogP contribution in [0.4, 0.5) is 0 Å². The Morgan fingerprint density at radius 3 is 2.78 bits per heavy atom. The van der Waals surface area contributed by atoms with E-state index in [4.69, 9.17) is 5.73 Å². The van der Waals surface area contributed by atoms with E-state index in [1.165, 1.54) is 0 Å². The number of nitrogens with one attached hydrogen (secondary N) is 1. The summed E-state index contributed by atoms with van der Waals surface area (Å²) in [6, 6.07) is 5.82. The van der Waals surface area contributed by atoms with Crippen LogP contribution in [0.5, 0.6) is 0 Å². The van der Waals surface area contributed by atoms with Crippen molar-refractivity contribution in [2.75, 3.05) is 12.3 Å². The molecule has 0 aliphatic carbocycles. The molecule has 0 radical (unpaired) electrons. The minimum absolute atomic E-state index is 0. The van der Waals surface area contributed by atoms with Gasteiger partial charge in [0.1, 0.15) is 0 Å². The van der Waals surface area contributed by atoms with Gasteiger partial charge in [-0.25, -0.2) is 0 Å². The van der Waals surface area contributed by atoms with Crippen molar-refractivity contribution in [1.29, 1.82) is 0 Å². The predicted molar refractivity (Wildman–Crippen MR) is 81.6 cm³/mol. The van der Waals surface area contributed by atoms with Crippen molar-refractivity contribution >= 4 is 42.5 Å². The minimum atomic E-state index is 0. The summed E-state index contributed by atoms with van der Waals surface area (Å²) in [4.78, 5) is 15.6. The molecule has 4 nitrogen and oxygen atoms in total. The molecular weight excluding hydrogens is 293 g/mol. The lowest BCUT2D eigenvalue weighted by Gasteiger charge is -2.10. The molecule has 7 heteroatoms. The predicted octanol–water partition coefficient (Wildman–Crippen LogP) is 1.62. The molecule has 0 aromatic carbocycles. The molecule has 18 heavy (non-hydrogen) atoms. The van der Waals surface area contributed by atoms with E-state index in [0.29, 0.717) is 12.3 Å². The average molecular weight is 312 g/mol. The quantitative estimate of drug-likeness (QED) is 0.837. The summed E-state index contributed by atoms with van der Waals surface area (Å²) in [5, 5.41) is 2.81. The first-order valence-corrected chi connectivity index (χ1v) is 6.35. The smallest absolute Gasteiger partial charge is 0.230 e. The highest BCUT2D eigenvalue weighted by molar-refractivity contribution is 7.99. The van der Waals surface area contributed by atoms with E-state index in [2.05, 4.69) is 10.3 Å². The molecule has 0 spiro atoms. The van der Waals surface area contributed by atoms with Gasteiger partial charge in [0.05, 0.1) is 11.4 Å². The monoisotopic (exact) mass is 311 g/mol. The Kier molecular flexibility index (Phi) is 12.8. The molecule has 0 saturated carbocycles. The Labute approximate surface area is 124 Å². The summed E-state index contributed by atoms with van der Waals surface area (Å²) in [5.74, 6) is 1.23. The molecule has 0 unspecified atom stereocenters. The van der Waals surface area contributed by atoms with Crippen LogP contribution in [0.25, 0.3) is 0 Å². The number of nitrogens with zero attached hydrogens (tertiary/aromatic N) is 1. The van der Waals surface area contributed by atoms with Gasteiger partial charge in [-0.3, -0.25) is 9.78 Å². The van der Waals surface area contributed by atoms with Gasteiger partial charge in [-0.15, -0.1) is 36.6 Å². The summed E-state index contributed by atoms with van der Waals surface area (Å²) in [6.45, 7) is 2.36. The van der Waals surface area contributed by atoms with Crippen molar-refractivity contribution in [2.45, 2.75) is 18.7 Å². The molecule has 104 valence electrons. The van der Waals surface area contributed by atoms with Crippen LogP contribution in [0, 0.1) is 0 Å². The largest absolute Gasteiger partial charge is 0.352 e. The van der Waals surface area contributed by atoms with Crippen LogP contribution in [-0.2, 0) is 10.5 Å². The number of rotatable bonds is 6. The van der Waals surface area contributed by atoms with Gasteiger partial charge in [0, 0.05) is 24.5 Å². The zero-order chi connectivity index (χ0) is 11.8. The number of carbonyl (C=O) groups excluding carboxylic acids is 1. The molecule has 0 fully saturated rings. The molecule has 1 amide bonds. The minimum Gasteiger partial charge on any atom is -0.352 e. The third-order valence-electron chi connectivity index (χ3n) is 1.97. The van der Waals surface area contributed by atoms with E-state index in [-0.39, 0.29) is 36.8 Å². The first-order chi connectivity index (χ1) is 7.72. The number of hydrogen-bond donors (Lipinski definition) is 2. The van der Waals surface area contributed by atoms with Crippen molar-refractivity contribution in [1.82, 2.24) is 10.3 Å². The second-order valence-electron chi connectivity index (χ2n) is 3.52. The highest BCUT2D eigenvalue weighted by atomic mass is 35.5. The van der Waals surface area contributed by atoms with Crippen molar-refractivity contribution < 1.29 is 4.79 Å². The highest BCUT2D eigenvalue weighted by Crippen LogP contribution is 2.08. The molecule has 0 bridgehead atoms. The Balaban J connectivity index is 0. The van der Waals surface area contributed by atoms with Crippen LogP contribution in [-0.4, -0.2) is 29.2 Å². The number of halogens is 2. The second-order valence-corrected chi connectivity index (χ2v) is 4.50. The van der Waals surface area contributed by atoms with Gasteiger partial charge < -0.3 is 11.1 Å². The summed E-state index contributed by atoms with van der Waals surface area (Å²) in [5.41, 5.74) is 6.40. The van der Waals surface area contributed by atoms with Gasteiger partial charge in [0.2, 0.25) is 5.91 Å². The van der Waals surface area contributed by atoms with Crippen LogP contribution in [0.15, 0.2) is 24.4 Å². The van der Waals surface area contributed by atoms with Gasteiger partial charge in [-0.05, 0) is 19.1 Å². The first-order valence-electron chi connectivity index (χ1n) is 5.19. The number of hydrogen-bond acceptors (Lipinski definition) is 4. The van der Waals surface area contributed by atoms with Gasteiger partial charge in [0.25, 0.3) is 0 Å². The SMILES string of the molecule is C[C@@H](CN)NC(=O)CSCc1ccccn1.Cl.Cl. The van der Waals surface area contributed by atoms with E-state index in [1.807, 2.05) is 25.1 Å². The zero-order valence-electron chi connectivity index (χ0n) is 10.2. The lowest BCUT2D eigenvalue weighted by Crippen LogP contribution is -2.38.